The Morgan fingerprint density at radius 3 is 2.61 bits per heavy atom. The van der Waals surface area contributed by atoms with E-state index in [0.717, 1.165) is 15.3 Å². The summed E-state index contributed by atoms with van der Waals surface area (Å²) in [5.41, 5.74) is 7.54. The van der Waals surface area contributed by atoms with Crippen LogP contribution in [0.4, 0.5) is 5.69 Å². The van der Waals surface area contributed by atoms with E-state index in [1.807, 2.05) is 50.2 Å². The zero-order chi connectivity index (χ0) is 13.1. The number of amides is 1. The molecule has 0 aliphatic rings. The number of para-hydroxylation sites is 1. The maximum atomic E-state index is 12.0. The van der Waals surface area contributed by atoms with Gasteiger partial charge < -0.3 is 11.1 Å². The summed E-state index contributed by atoms with van der Waals surface area (Å²) in [6.07, 6.45) is 0. The molecular weight excluding hydrogens is 244 g/mol. The van der Waals surface area contributed by atoms with Gasteiger partial charge in [-0.25, -0.2) is 0 Å². The van der Waals surface area contributed by atoms with Gasteiger partial charge in [0.15, 0.2) is 0 Å². The Morgan fingerprint density at radius 1 is 1.28 bits per heavy atom. The molecule has 3 nitrogen and oxygen atoms in total. The Bertz CT molecular complexity index is 562. The predicted molar refractivity (Wildman–Crippen MR) is 75.8 cm³/mol. The molecule has 2 aromatic rings. The average Bonchev–Trinajstić information content (AvgIpc) is 2.76. The van der Waals surface area contributed by atoms with Crippen molar-refractivity contribution in [2.45, 2.75) is 19.9 Å². The van der Waals surface area contributed by atoms with Crippen molar-refractivity contribution in [1.82, 2.24) is 5.32 Å². The molecule has 0 radical (unpaired) electrons. The minimum Gasteiger partial charge on any atom is -0.398 e. The minimum atomic E-state index is -0.0962. The lowest BCUT2D eigenvalue weighted by Gasteiger charge is -2.15. The number of hydrogen-bond acceptors (Lipinski definition) is 3. The Hall–Kier alpha value is -1.81. The number of nitrogens with two attached hydrogens (primary N) is 1. The number of anilines is 1. The van der Waals surface area contributed by atoms with E-state index in [9.17, 15) is 4.79 Å². The first kappa shape index (κ1) is 12.6. The van der Waals surface area contributed by atoms with E-state index in [1.165, 1.54) is 11.3 Å². The van der Waals surface area contributed by atoms with Crippen molar-refractivity contribution in [3.05, 3.63) is 51.7 Å². The van der Waals surface area contributed by atoms with Gasteiger partial charge in [0.25, 0.3) is 5.91 Å². The molecule has 4 heteroatoms. The molecule has 0 spiro atoms. The molecule has 1 unspecified atom stereocenters. The highest BCUT2D eigenvalue weighted by molar-refractivity contribution is 7.13. The summed E-state index contributed by atoms with van der Waals surface area (Å²) in [6, 6.07) is 11.3. The third-order valence-corrected chi connectivity index (χ3v) is 3.77. The van der Waals surface area contributed by atoms with Crippen LogP contribution < -0.4 is 11.1 Å². The summed E-state index contributed by atoms with van der Waals surface area (Å²) in [5, 5.41) is 2.96. The van der Waals surface area contributed by atoms with Gasteiger partial charge in [0.2, 0.25) is 0 Å². The molecule has 0 aliphatic heterocycles. The van der Waals surface area contributed by atoms with Crippen molar-refractivity contribution in [3.63, 3.8) is 0 Å². The van der Waals surface area contributed by atoms with Crippen LogP contribution in [0.25, 0.3) is 0 Å². The molecule has 0 saturated heterocycles. The number of benzene rings is 1. The SMILES string of the molecule is Cc1ccc(C(=O)NC(C)c2ccccc2N)s1. The number of nitrogen functional groups attached to an aromatic ring is 1. The zero-order valence-electron chi connectivity index (χ0n) is 10.4. The smallest absolute Gasteiger partial charge is 0.261 e. The second-order valence-electron chi connectivity index (χ2n) is 4.23. The summed E-state index contributed by atoms with van der Waals surface area (Å²) < 4.78 is 0. The molecule has 1 atom stereocenters. The van der Waals surface area contributed by atoms with Gasteiger partial charge in [-0.15, -0.1) is 11.3 Å². The van der Waals surface area contributed by atoms with Crippen LogP contribution in [0.1, 0.15) is 33.1 Å². The fraction of sp³-hybridized carbons (Fsp3) is 0.214. The van der Waals surface area contributed by atoms with Crippen LogP contribution in [0.2, 0.25) is 0 Å². The summed E-state index contributed by atoms with van der Waals surface area (Å²) in [6.45, 7) is 3.92. The molecule has 1 aromatic heterocycles. The second-order valence-corrected chi connectivity index (χ2v) is 5.52. The number of rotatable bonds is 3. The van der Waals surface area contributed by atoms with Crippen LogP contribution >= 0.6 is 11.3 Å². The number of carbonyl (C=O) groups is 1. The highest BCUT2D eigenvalue weighted by atomic mass is 32.1. The Balaban J connectivity index is 2.10. The van der Waals surface area contributed by atoms with Crippen LogP contribution in [0.15, 0.2) is 36.4 Å². The fourth-order valence-electron chi connectivity index (χ4n) is 1.81. The predicted octanol–water partition coefficient (Wildman–Crippen LogP) is 3.13. The lowest BCUT2D eigenvalue weighted by atomic mass is 10.1. The third kappa shape index (κ3) is 2.71. The molecule has 0 aliphatic carbocycles. The van der Waals surface area contributed by atoms with E-state index < -0.39 is 0 Å². The van der Waals surface area contributed by atoms with Crippen molar-refractivity contribution in [3.8, 4) is 0 Å². The Morgan fingerprint density at radius 2 is 2.00 bits per heavy atom. The molecule has 0 bridgehead atoms. The largest absolute Gasteiger partial charge is 0.398 e. The third-order valence-electron chi connectivity index (χ3n) is 2.77. The van der Waals surface area contributed by atoms with Gasteiger partial charge in [0.1, 0.15) is 0 Å². The quantitative estimate of drug-likeness (QED) is 0.833. The Labute approximate surface area is 111 Å². The van der Waals surface area contributed by atoms with Gasteiger partial charge in [-0.3, -0.25) is 4.79 Å². The topological polar surface area (TPSA) is 55.1 Å². The van der Waals surface area contributed by atoms with Gasteiger partial charge in [-0.2, -0.15) is 0 Å². The highest BCUT2D eigenvalue weighted by Gasteiger charge is 2.14. The van der Waals surface area contributed by atoms with Gasteiger partial charge in [-0.1, -0.05) is 18.2 Å². The van der Waals surface area contributed by atoms with Crippen LogP contribution in [0.5, 0.6) is 0 Å². The van der Waals surface area contributed by atoms with Crippen molar-refractivity contribution in [2.75, 3.05) is 5.73 Å². The molecular formula is C14H16N2OS. The summed E-state index contributed by atoms with van der Waals surface area (Å²) in [5.74, 6) is -0.0520. The number of nitrogens with one attached hydrogen (secondary N) is 1. The van der Waals surface area contributed by atoms with Crippen molar-refractivity contribution in [2.24, 2.45) is 0 Å². The van der Waals surface area contributed by atoms with E-state index in [4.69, 9.17) is 5.73 Å². The van der Waals surface area contributed by atoms with Gasteiger partial charge in [-0.05, 0) is 37.6 Å². The summed E-state index contributed by atoms with van der Waals surface area (Å²) in [7, 11) is 0. The molecule has 1 amide bonds. The van der Waals surface area contributed by atoms with Gasteiger partial charge in [0.05, 0.1) is 10.9 Å². The van der Waals surface area contributed by atoms with E-state index >= 15 is 0 Å². The number of hydrogen-bond donors (Lipinski definition) is 2. The maximum Gasteiger partial charge on any atom is 0.261 e. The Kier molecular flexibility index (Phi) is 3.67. The monoisotopic (exact) mass is 260 g/mol. The average molecular weight is 260 g/mol. The molecule has 0 saturated carbocycles. The number of aryl methyl sites for hydroxylation is 1. The normalized spacial score (nSPS) is 12.1. The minimum absolute atomic E-state index is 0.0520. The van der Waals surface area contributed by atoms with Crippen LogP contribution in [0, 0.1) is 6.92 Å². The van der Waals surface area contributed by atoms with Crippen LogP contribution in [-0.2, 0) is 0 Å². The van der Waals surface area contributed by atoms with Crippen LogP contribution in [-0.4, -0.2) is 5.91 Å². The summed E-state index contributed by atoms with van der Waals surface area (Å²) >= 11 is 1.49. The van der Waals surface area contributed by atoms with Crippen LogP contribution in [0.3, 0.4) is 0 Å². The molecule has 94 valence electrons. The number of thiophene rings is 1. The highest BCUT2D eigenvalue weighted by Crippen LogP contribution is 2.21. The van der Waals surface area contributed by atoms with E-state index in [2.05, 4.69) is 5.32 Å². The van der Waals surface area contributed by atoms with E-state index in [-0.39, 0.29) is 11.9 Å². The molecule has 3 N–H and O–H groups in total. The standard InChI is InChI=1S/C14H16N2OS/c1-9-7-8-13(18-9)14(17)16-10(2)11-5-3-4-6-12(11)15/h3-8,10H,15H2,1-2H3,(H,16,17). The van der Waals surface area contributed by atoms with Crippen molar-refractivity contribution in [1.29, 1.82) is 0 Å². The second kappa shape index (κ2) is 5.23. The maximum absolute atomic E-state index is 12.0. The first-order valence-electron chi connectivity index (χ1n) is 5.79. The molecule has 18 heavy (non-hydrogen) atoms. The lowest BCUT2D eigenvalue weighted by molar-refractivity contribution is 0.0944. The molecule has 1 heterocycles. The molecule has 2 rings (SSSR count). The molecule has 1 aromatic carbocycles. The lowest BCUT2D eigenvalue weighted by Crippen LogP contribution is -2.26. The first-order valence-corrected chi connectivity index (χ1v) is 6.61. The van der Waals surface area contributed by atoms with Crippen molar-refractivity contribution >= 4 is 22.9 Å². The number of carbonyl (C=O) groups excluding carboxylic acids is 1. The van der Waals surface area contributed by atoms with E-state index in [0.29, 0.717) is 5.69 Å². The van der Waals surface area contributed by atoms with E-state index in [1.54, 1.807) is 0 Å². The summed E-state index contributed by atoms with van der Waals surface area (Å²) in [4.78, 5) is 13.9. The fourth-order valence-corrected chi connectivity index (χ4v) is 2.58. The molecule has 0 fully saturated rings. The van der Waals surface area contributed by atoms with Crippen molar-refractivity contribution < 1.29 is 4.79 Å². The van der Waals surface area contributed by atoms with Gasteiger partial charge in [0, 0.05) is 10.6 Å². The van der Waals surface area contributed by atoms with Gasteiger partial charge >= 0.3 is 0 Å². The zero-order valence-corrected chi connectivity index (χ0v) is 11.3. The first-order chi connectivity index (χ1) is 8.58.